The molecule has 0 aliphatic rings. The first kappa shape index (κ1) is 13.1. The number of nitrogens with one attached hydrogen (secondary N) is 1. The van der Waals surface area contributed by atoms with E-state index in [4.69, 9.17) is 0 Å². The number of hydrogen-bond donors (Lipinski definition) is 1. The molecule has 1 N–H and O–H groups in total. The van der Waals surface area contributed by atoms with Crippen LogP contribution >= 0.6 is 0 Å². The molecule has 2 rings (SSSR count). The van der Waals surface area contributed by atoms with Crippen LogP contribution in [0.3, 0.4) is 0 Å². The summed E-state index contributed by atoms with van der Waals surface area (Å²) in [4.78, 5) is 15.9. The Morgan fingerprint density at radius 1 is 1.47 bits per heavy atom. The van der Waals surface area contributed by atoms with Gasteiger partial charge in [-0.05, 0) is 12.1 Å². The van der Waals surface area contributed by atoms with Gasteiger partial charge in [-0.15, -0.1) is 0 Å². The van der Waals surface area contributed by atoms with Crippen LogP contribution in [-0.4, -0.2) is 20.7 Å². The van der Waals surface area contributed by atoms with Crippen LogP contribution < -0.4 is 5.32 Å². The van der Waals surface area contributed by atoms with Crippen LogP contribution in [0.1, 0.15) is 28.2 Å². The molecule has 7 heteroatoms. The van der Waals surface area contributed by atoms with Gasteiger partial charge in [-0.3, -0.25) is 14.5 Å². The number of carbonyl (C=O) groups is 1. The molecule has 19 heavy (non-hydrogen) atoms. The molecule has 0 saturated heterocycles. The van der Waals surface area contributed by atoms with Crippen molar-refractivity contribution in [2.45, 2.75) is 13.0 Å². The number of pyridine rings is 1. The second kappa shape index (κ2) is 5.55. The fraction of sp³-hybridized carbons (Fsp3) is 0.250. The number of aryl methyl sites for hydroxylation is 1. The quantitative estimate of drug-likeness (QED) is 0.916. The normalized spacial score (nSPS) is 10.7. The van der Waals surface area contributed by atoms with Crippen molar-refractivity contribution in [2.24, 2.45) is 7.05 Å². The van der Waals surface area contributed by atoms with E-state index in [1.54, 1.807) is 24.4 Å². The molecule has 0 radical (unpaired) electrons. The lowest BCUT2D eigenvalue weighted by atomic mass is 10.2. The first-order valence-electron chi connectivity index (χ1n) is 5.57. The molecule has 0 aliphatic carbocycles. The minimum absolute atomic E-state index is 0.117. The van der Waals surface area contributed by atoms with E-state index in [9.17, 15) is 13.6 Å². The van der Waals surface area contributed by atoms with E-state index in [-0.39, 0.29) is 12.1 Å². The monoisotopic (exact) mass is 266 g/mol. The summed E-state index contributed by atoms with van der Waals surface area (Å²) in [6.07, 6.45) is 0.0857. The SMILES string of the molecule is Cn1cc(C(=O)NCc2ccccn2)c(C(F)F)n1. The Kier molecular flexibility index (Phi) is 3.84. The third-order valence-electron chi connectivity index (χ3n) is 2.46. The average Bonchev–Trinajstić information content (AvgIpc) is 2.79. The van der Waals surface area contributed by atoms with Crippen LogP contribution in [0.5, 0.6) is 0 Å². The van der Waals surface area contributed by atoms with E-state index in [1.165, 1.54) is 17.9 Å². The topological polar surface area (TPSA) is 59.8 Å². The van der Waals surface area contributed by atoms with Crippen molar-refractivity contribution < 1.29 is 13.6 Å². The van der Waals surface area contributed by atoms with Gasteiger partial charge >= 0.3 is 0 Å². The van der Waals surface area contributed by atoms with Crippen molar-refractivity contribution in [1.82, 2.24) is 20.1 Å². The second-order valence-corrected chi connectivity index (χ2v) is 3.91. The van der Waals surface area contributed by atoms with E-state index in [1.807, 2.05) is 0 Å². The number of amides is 1. The fourth-order valence-electron chi connectivity index (χ4n) is 1.61. The molecule has 1 amide bonds. The van der Waals surface area contributed by atoms with E-state index < -0.39 is 18.0 Å². The predicted octanol–water partition coefficient (Wildman–Crippen LogP) is 1.68. The number of hydrogen-bond acceptors (Lipinski definition) is 3. The Morgan fingerprint density at radius 3 is 2.89 bits per heavy atom. The summed E-state index contributed by atoms with van der Waals surface area (Å²) >= 11 is 0. The summed E-state index contributed by atoms with van der Waals surface area (Å²) in [6, 6.07) is 5.27. The number of nitrogens with zero attached hydrogens (tertiary/aromatic N) is 3. The molecule has 0 aromatic carbocycles. The van der Waals surface area contributed by atoms with Gasteiger partial charge in [0.1, 0.15) is 5.69 Å². The molecule has 2 aromatic rings. The van der Waals surface area contributed by atoms with Gasteiger partial charge in [0.05, 0.1) is 17.8 Å². The first-order chi connectivity index (χ1) is 9.08. The second-order valence-electron chi connectivity index (χ2n) is 3.91. The van der Waals surface area contributed by atoms with Crippen LogP contribution in [0.25, 0.3) is 0 Å². The third-order valence-corrected chi connectivity index (χ3v) is 2.46. The Hall–Kier alpha value is -2.31. The Morgan fingerprint density at radius 2 is 2.26 bits per heavy atom. The Bertz CT molecular complexity index is 568. The van der Waals surface area contributed by atoms with Crippen molar-refractivity contribution in [3.8, 4) is 0 Å². The molecule has 0 saturated carbocycles. The Labute approximate surface area is 108 Å². The van der Waals surface area contributed by atoms with Gasteiger partial charge < -0.3 is 5.32 Å². The fourth-order valence-corrected chi connectivity index (χ4v) is 1.61. The number of rotatable bonds is 4. The van der Waals surface area contributed by atoms with E-state index >= 15 is 0 Å². The van der Waals surface area contributed by atoms with Crippen LogP contribution in [0.2, 0.25) is 0 Å². The average molecular weight is 266 g/mol. The zero-order chi connectivity index (χ0) is 13.8. The van der Waals surface area contributed by atoms with Crippen LogP contribution in [-0.2, 0) is 13.6 Å². The van der Waals surface area contributed by atoms with Crippen LogP contribution in [0.15, 0.2) is 30.6 Å². The summed E-state index contributed by atoms with van der Waals surface area (Å²) < 4.78 is 26.6. The minimum Gasteiger partial charge on any atom is -0.346 e. The zero-order valence-corrected chi connectivity index (χ0v) is 10.2. The lowest BCUT2D eigenvalue weighted by molar-refractivity contribution is 0.0935. The lowest BCUT2D eigenvalue weighted by Crippen LogP contribution is -2.24. The van der Waals surface area contributed by atoms with Gasteiger partial charge in [0.15, 0.2) is 0 Å². The standard InChI is InChI=1S/C12H12F2N4O/c1-18-7-9(10(17-18)11(13)14)12(19)16-6-8-4-2-3-5-15-8/h2-5,7,11H,6H2,1H3,(H,16,19). The third kappa shape index (κ3) is 3.12. The van der Waals surface area contributed by atoms with E-state index in [0.29, 0.717) is 5.69 Å². The molecule has 0 aliphatic heterocycles. The van der Waals surface area contributed by atoms with Crippen molar-refractivity contribution in [1.29, 1.82) is 0 Å². The summed E-state index contributed by atoms with van der Waals surface area (Å²) in [5.74, 6) is -0.589. The Balaban J connectivity index is 2.08. The molecular formula is C12H12F2N4O. The van der Waals surface area contributed by atoms with Gasteiger partial charge in [-0.25, -0.2) is 8.78 Å². The molecule has 5 nitrogen and oxygen atoms in total. The smallest absolute Gasteiger partial charge is 0.282 e. The highest BCUT2D eigenvalue weighted by atomic mass is 19.3. The van der Waals surface area contributed by atoms with Gasteiger partial charge in [0.25, 0.3) is 12.3 Å². The molecule has 0 unspecified atom stereocenters. The van der Waals surface area contributed by atoms with Gasteiger partial charge in [0.2, 0.25) is 0 Å². The number of aromatic nitrogens is 3. The van der Waals surface area contributed by atoms with Crippen molar-refractivity contribution >= 4 is 5.91 Å². The highest BCUT2D eigenvalue weighted by Crippen LogP contribution is 2.20. The molecule has 100 valence electrons. The molecule has 2 aromatic heterocycles. The van der Waals surface area contributed by atoms with E-state index in [0.717, 1.165) is 0 Å². The lowest BCUT2D eigenvalue weighted by Gasteiger charge is -2.04. The van der Waals surface area contributed by atoms with Crippen molar-refractivity contribution in [3.63, 3.8) is 0 Å². The van der Waals surface area contributed by atoms with E-state index in [2.05, 4.69) is 15.4 Å². The molecule has 0 atom stereocenters. The highest BCUT2D eigenvalue weighted by Gasteiger charge is 2.22. The molecule has 2 heterocycles. The molecule has 0 bridgehead atoms. The zero-order valence-electron chi connectivity index (χ0n) is 10.2. The molecular weight excluding hydrogens is 254 g/mol. The van der Waals surface area contributed by atoms with Crippen molar-refractivity contribution in [2.75, 3.05) is 0 Å². The molecule has 0 spiro atoms. The summed E-state index contributed by atoms with van der Waals surface area (Å²) in [6.45, 7) is 0.178. The maximum atomic E-state index is 12.7. The maximum Gasteiger partial charge on any atom is 0.282 e. The maximum absolute atomic E-state index is 12.7. The summed E-state index contributed by atoms with van der Waals surface area (Å²) in [5.41, 5.74) is 0.0211. The van der Waals surface area contributed by atoms with Gasteiger partial charge in [0, 0.05) is 19.4 Å². The summed E-state index contributed by atoms with van der Waals surface area (Å²) in [7, 11) is 1.49. The van der Waals surface area contributed by atoms with Gasteiger partial charge in [-0.2, -0.15) is 5.10 Å². The van der Waals surface area contributed by atoms with Gasteiger partial charge in [-0.1, -0.05) is 6.07 Å². The summed E-state index contributed by atoms with van der Waals surface area (Å²) in [5, 5.41) is 6.11. The largest absolute Gasteiger partial charge is 0.346 e. The number of carbonyl (C=O) groups excluding carboxylic acids is 1. The number of alkyl halides is 2. The van der Waals surface area contributed by atoms with Crippen LogP contribution in [0, 0.1) is 0 Å². The number of halogens is 2. The van der Waals surface area contributed by atoms with Crippen LogP contribution in [0.4, 0.5) is 8.78 Å². The predicted molar refractivity (Wildman–Crippen MR) is 63.6 cm³/mol. The minimum atomic E-state index is -2.78. The first-order valence-corrected chi connectivity index (χ1v) is 5.57. The van der Waals surface area contributed by atoms with Crippen molar-refractivity contribution in [3.05, 3.63) is 47.5 Å². The molecule has 0 fully saturated rings. The highest BCUT2D eigenvalue weighted by molar-refractivity contribution is 5.95.